The van der Waals surface area contributed by atoms with E-state index in [9.17, 15) is 0 Å². The van der Waals surface area contributed by atoms with Crippen LogP contribution in [0.15, 0.2) is 24.3 Å². The van der Waals surface area contributed by atoms with Gasteiger partial charge in [-0.3, -0.25) is 0 Å². The van der Waals surface area contributed by atoms with Crippen molar-refractivity contribution in [3.63, 3.8) is 0 Å². The molecule has 1 N–H and O–H groups in total. The van der Waals surface area contributed by atoms with E-state index in [1.807, 2.05) is 0 Å². The normalized spacial score (nSPS) is 18.1. The first-order valence-electron chi connectivity index (χ1n) is 8.52. The minimum atomic E-state index is 0.382. The van der Waals surface area contributed by atoms with Crippen molar-refractivity contribution in [1.29, 1.82) is 0 Å². The topological polar surface area (TPSA) is 21.3 Å². The minimum absolute atomic E-state index is 0.382. The van der Waals surface area contributed by atoms with Crippen molar-refractivity contribution in [2.24, 2.45) is 5.41 Å². The summed E-state index contributed by atoms with van der Waals surface area (Å²) in [5, 5.41) is 3.64. The Morgan fingerprint density at radius 2 is 1.81 bits per heavy atom. The number of hydrogen-bond donors (Lipinski definition) is 1. The van der Waals surface area contributed by atoms with Gasteiger partial charge in [-0.2, -0.15) is 0 Å². The number of ether oxygens (including phenoxy) is 1. The lowest BCUT2D eigenvalue weighted by Crippen LogP contribution is -2.41. The standard InChI is InChI=1S/C19H31NO/c1-4-11-20-15-19(9-12-21-13-10-19)14-17-5-7-18(8-6-17)16(2)3/h5-8,16,20H,4,9-15H2,1-3H3. The molecule has 0 spiro atoms. The maximum atomic E-state index is 5.59. The molecule has 1 aliphatic heterocycles. The first-order valence-corrected chi connectivity index (χ1v) is 8.52. The fourth-order valence-electron chi connectivity index (χ4n) is 3.20. The van der Waals surface area contributed by atoms with E-state index >= 15 is 0 Å². The molecule has 0 saturated carbocycles. The lowest BCUT2D eigenvalue weighted by Gasteiger charge is -2.38. The summed E-state index contributed by atoms with van der Waals surface area (Å²) >= 11 is 0. The fraction of sp³-hybridized carbons (Fsp3) is 0.684. The predicted octanol–water partition coefficient (Wildman–Crippen LogP) is 4.15. The number of benzene rings is 1. The van der Waals surface area contributed by atoms with Crippen molar-refractivity contribution >= 4 is 0 Å². The zero-order chi connectivity index (χ0) is 15.1. The third kappa shape index (κ3) is 4.82. The van der Waals surface area contributed by atoms with Crippen molar-refractivity contribution in [1.82, 2.24) is 5.32 Å². The highest BCUT2D eigenvalue weighted by atomic mass is 16.5. The zero-order valence-corrected chi connectivity index (χ0v) is 14.0. The first kappa shape index (κ1) is 16.5. The molecule has 1 heterocycles. The van der Waals surface area contributed by atoms with Gasteiger partial charge in [0.25, 0.3) is 0 Å². The molecule has 1 fully saturated rings. The summed E-state index contributed by atoms with van der Waals surface area (Å²) in [7, 11) is 0. The molecule has 1 saturated heterocycles. The highest BCUT2D eigenvalue weighted by Crippen LogP contribution is 2.34. The molecule has 118 valence electrons. The Hall–Kier alpha value is -0.860. The van der Waals surface area contributed by atoms with Crippen LogP contribution in [0.1, 0.15) is 57.1 Å². The summed E-state index contributed by atoms with van der Waals surface area (Å²) in [5.41, 5.74) is 3.29. The summed E-state index contributed by atoms with van der Waals surface area (Å²) in [6.07, 6.45) is 4.73. The van der Waals surface area contributed by atoms with E-state index in [-0.39, 0.29) is 0 Å². The van der Waals surface area contributed by atoms with E-state index in [1.54, 1.807) is 0 Å². The van der Waals surface area contributed by atoms with Crippen LogP contribution in [0.4, 0.5) is 0 Å². The van der Waals surface area contributed by atoms with Crippen LogP contribution in [0.3, 0.4) is 0 Å². The Morgan fingerprint density at radius 1 is 1.14 bits per heavy atom. The summed E-state index contributed by atoms with van der Waals surface area (Å²) in [4.78, 5) is 0. The van der Waals surface area contributed by atoms with Gasteiger partial charge in [0, 0.05) is 19.8 Å². The van der Waals surface area contributed by atoms with E-state index in [2.05, 4.69) is 50.4 Å². The van der Waals surface area contributed by atoms with Gasteiger partial charge in [0.05, 0.1) is 0 Å². The van der Waals surface area contributed by atoms with Gasteiger partial charge >= 0.3 is 0 Å². The maximum absolute atomic E-state index is 5.59. The van der Waals surface area contributed by atoms with Gasteiger partial charge in [-0.15, -0.1) is 0 Å². The van der Waals surface area contributed by atoms with Crippen LogP contribution in [0.25, 0.3) is 0 Å². The molecule has 0 bridgehead atoms. The summed E-state index contributed by atoms with van der Waals surface area (Å²) in [6, 6.07) is 9.25. The van der Waals surface area contributed by atoms with Gasteiger partial charge < -0.3 is 10.1 Å². The van der Waals surface area contributed by atoms with Crippen LogP contribution in [-0.4, -0.2) is 26.3 Å². The lowest BCUT2D eigenvalue weighted by atomic mass is 9.75. The van der Waals surface area contributed by atoms with E-state index < -0.39 is 0 Å². The molecule has 1 aromatic carbocycles. The van der Waals surface area contributed by atoms with Crippen molar-refractivity contribution in [2.75, 3.05) is 26.3 Å². The largest absolute Gasteiger partial charge is 0.381 e. The van der Waals surface area contributed by atoms with Crippen LogP contribution in [0.2, 0.25) is 0 Å². The average molecular weight is 289 g/mol. The number of rotatable bonds is 7. The molecule has 0 radical (unpaired) electrons. The zero-order valence-electron chi connectivity index (χ0n) is 14.0. The molecule has 0 amide bonds. The molecular weight excluding hydrogens is 258 g/mol. The lowest BCUT2D eigenvalue weighted by molar-refractivity contribution is 0.0150. The quantitative estimate of drug-likeness (QED) is 0.761. The SMILES string of the molecule is CCCNCC1(Cc2ccc(C(C)C)cc2)CCOCC1. The number of nitrogens with one attached hydrogen (secondary N) is 1. The molecule has 0 unspecified atom stereocenters. The van der Waals surface area contributed by atoms with Crippen molar-refractivity contribution in [3.05, 3.63) is 35.4 Å². The van der Waals surface area contributed by atoms with Gasteiger partial charge in [-0.25, -0.2) is 0 Å². The van der Waals surface area contributed by atoms with Gasteiger partial charge in [0.1, 0.15) is 0 Å². The van der Waals surface area contributed by atoms with Crippen molar-refractivity contribution < 1.29 is 4.74 Å². The van der Waals surface area contributed by atoms with Crippen LogP contribution in [0.5, 0.6) is 0 Å². The Bertz CT molecular complexity index is 404. The fourth-order valence-corrected chi connectivity index (χ4v) is 3.20. The average Bonchev–Trinajstić information content (AvgIpc) is 2.49. The molecule has 0 aliphatic carbocycles. The Balaban J connectivity index is 2.03. The Kier molecular flexibility index (Phi) is 6.25. The van der Waals surface area contributed by atoms with Gasteiger partial charge in [0.2, 0.25) is 0 Å². The molecule has 0 atom stereocenters. The highest BCUT2D eigenvalue weighted by molar-refractivity contribution is 5.25. The molecule has 2 rings (SSSR count). The molecule has 2 heteroatoms. The van der Waals surface area contributed by atoms with E-state index in [1.165, 1.54) is 36.8 Å². The van der Waals surface area contributed by atoms with Crippen LogP contribution in [0, 0.1) is 5.41 Å². The van der Waals surface area contributed by atoms with Crippen molar-refractivity contribution in [2.45, 2.75) is 52.4 Å². The second-order valence-corrected chi connectivity index (χ2v) is 6.86. The summed E-state index contributed by atoms with van der Waals surface area (Å²) < 4.78 is 5.59. The van der Waals surface area contributed by atoms with E-state index in [0.717, 1.165) is 26.3 Å². The summed E-state index contributed by atoms with van der Waals surface area (Å²) in [6.45, 7) is 10.8. The smallest absolute Gasteiger partial charge is 0.0471 e. The molecule has 1 aliphatic rings. The van der Waals surface area contributed by atoms with E-state index in [0.29, 0.717) is 11.3 Å². The summed E-state index contributed by atoms with van der Waals surface area (Å²) in [5.74, 6) is 0.613. The first-order chi connectivity index (χ1) is 10.2. The van der Waals surface area contributed by atoms with Crippen LogP contribution < -0.4 is 5.32 Å². The second kappa shape index (κ2) is 7.95. The predicted molar refractivity (Wildman–Crippen MR) is 89.9 cm³/mol. The van der Waals surface area contributed by atoms with Gasteiger partial charge in [0.15, 0.2) is 0 Å². The van der Waals surface area contributed by atoms with Gasteiger partial charge in [-0.1, -0.05) is 45.0 Å². The van der Waals surface area contributed by atoms with Crippen LogP contribution in [-0.2, 0) is 11.2 Å². The number of hydrogen-bond acceptors (Lipinski definition) is 2. The molecule has 1 aromatic rings. The van der Waals surface area contributed by atoms with Crippen LogP contribution >= 0.6 is 0 Å². The third-order valence-corrected chi connectivity index (χ3v) is 4.71. The Morgan fingerprint density at radius 3 is 2.38 bits per heavy atom. The van der Waals surface area contributed by atoms with Gasteiger partial charge in [-0.05, 0) is 54.7 Å². The molecule has 0 aromatic heterocycles. The van der Waals surface area contributed by atoms with Crippen molar-refractivity contribution in [3.8, 4) is 0 Å². The molecule has 21 heavy (non-hydrogen) atoms. The third-order valence-electron chi connectivity index (χ3n) is 4.71. The maximum Gasteiger partial charge on any atom is 0.0471 e. The second-order valence-electron chi connectivity index (χ2n) is 6.86. The Labute approximate surface area is 130 Å². The monoisotopic (exact) mass is 289 g/mol. The highest BCUT2D eigenvalue weighted by Gasteiger charge is 2.32. The molecule has 2 nitrogen and oxygen atoms in total. The minimum Gasteiger partial charge on any atom is -0.381 e. The van der Waals surface area contributed by atoms with E-state index in [4.69, 9.17) is 4.74 Å². The molecular formula is C19H31NO.